The van der Waals surface area contributed by atoms with Crippen LogP contribution in [0.2, 0.25) is 0 Å². The van der Waals surface area contributed by atoms with Crippen molar-refractivity contribution in [1.82, 2.24) is 0 Å². The maximum atomic E-state index is 11.0. The fourth-order valence-electron chi connectivity index (χ4n) is 1.37. The van der Waals surface area contributed by atoms with Gasteiger partial charge in [0.1, 0.15) is 0 Å². The van der Waals surface area contributed by atoms with E-state index in [1.54, 1.807) is 0 Å². The molecule has 2 unspecified atom stereocenters. The van der Waals surface area contributed by atoms with Gasteiger partial charge >= 0.3 is 15.2 Å². The Balaban J connectivity index is 5.90. The summed E-state index contributed by atoms with van der Waals surface area (Å²) in [4.78, 5) is 0. The van der Waals surface area contributed by atoms with Crippen molar-refractivity contribution >= 4 is 30.4 Å². The summed E-state index contributed by atoms with van der Waals surface area (Å²) >= 11 is 0. The molecule has 5 N–H and O–H groups in total. The lowest BCUT2D eigenvalue weighted by atomic mass is 10.2. The molecule has 0 aromatic rings. The van der Waals surface area contributed by atoms with Gasteiger partial charge < -0.3 is 10.2 Å². The standard InChI is InChI=1S/C6H14O11S3/c1-2-4(18(9,10)11)3-5(19(12,13)14)6(7,8)20(15,16)17/h4-5,7-8H,2-3H2,1H3,(H,9,10,11)(H,12,13,14)(H,15,16,17). The highest BCUT2D eigenvalue weighted by Gasteiger charge is 2.54. The van der Waals surface area contributed by atoms with Gasteiger partial charge in [-0.2, -0.15) is 25.3 Å². The van der Waals surface area contributed by atoms with Crippen molar-refractivity contribution in [2.45, 2.75) is 35.4 Å². The third-order valence-corrected chi connectivity index (χ3v) is 6.31. The number of rotatable bonds is 7. The molecule has 0 spiro atoms. The topological polar surface area (TPSA) is 204 Å². The molecule has 0 fully saturated rings. The van der Waals surface area contributed by atoms with Gasteiger partial charge in [-0.05, 0) is 12.8 Å². The zero-order chi connectivity index (χ0) is 16.6. The Bertz CT molecular complexity index is 640. The van der Waals surface area contributed by atoms with Crippen LogP contribution in [0.4, 0.5) is 0 Å². The predicted octanol–water partition coefficient (Wildman–Crippen LogP) is -2.17. The Kier molecular flexibility index (Phi) is 5.70. The van der Waals surface area contributed by atoms with Gasteiger partial charge in [0, 0.05) is 0 Å². The van der Waals surface area contributed by atoms with E-state index >= 15 is 0 Å². The van der Waals surface area contributed by atoms with Crippen LogP contribution in [0.25, 0.3) is 0 Å². The van der Waals surface area contributed by atoms with E-state index in [-0.39, 0.29) is 0 Å². The maximum Gasteiger partial charge on any atom is 0.323 e. The predicted molar refractivity (Wildman–Crippen MR) is 64.3 cm³/mol. The molecule has 20 heavy (non-hydrogen) atoms. The van der Waals surface area contributed by atoms with Crippen molar-refractivity contribution in [3.63, 3.8) is 0 Å². The smallest absolute Gasteiger partial charge is 0.323 e. The third-order valence-electron chi connectivity index (χ3n) is 2.51. The first-order valence-corrected chi connectivity index (χ1v) is 9.34. The Labute approximate surface area is 115 Å². The number of hydrogen-bond acceptors (Lipinski definition) is 8. The minimum atomic E-state index is -5.79. The fraction of sp³-hybridized carbons (Fsp3) is 1.00. The highest BCUT2D eigenvalue weighted by Crippen LogP contribution is 2.27. The Morgan fingerprint density at radius 2 is 1.30 bits per heavy atom. The summed E-state index contributed by atoms with van der Waals surface area (Å²) in [6.07, 6.45) is -1.80. The molecule has 0 saturated heterocycles. The Morgan fingerprint density at radius 1 is 0.900 bits per heavy atom. The lowest BCUT2D eigenvalue weighted by Gasteiger charge is -2.27. The molecule has 0 aliphatic carbocycles. The van der Waals surface area contributed by atoms with Gasteiger partial charge in [-0.15, -0.1) is 0 Å². The first-order valence-electron chi connectivity index (χ1n) is 4.89. The highest BCUT2D eigenvalue weighted by molar-refractivity contribution is 7.91. The van der Waals surface area contributed by atoms with E-state index in [2.05, 4.69) is 0 Å². The highest BCUT2D eigenvalue weighted by atomic mass is 32.2. The Morgan fingerprint density at radius 3 is 1.50 bits per heavy atom. The summed E-state index contributed by atoms with van der Waals surface area (Å²) in [5.74, 6) is 0. The van der Waals surface area contributed by atoms with Crippen LogP contribution in [-0.4, -0.2) is 64.7 Å². The van der Waals surface area contributed by atoms with Crippen molar-refractivity contribution in [2.75, 3.05) is 0 Å². The molecule has 0 aromatic heterocycles. The van der Waals surface area contributed by atoms with Crippen molar-refractivity contribution < 1.29 is 49.1 Å². The van der Waals surface area contributed by atoms with E-state index in [9.17, 15) is 25.3 Å². The van der Waals surface area contributed by atoms with Gasteiger partial charge in [0.15, 0.2) is 5.25 Å². The van der Waals surface area contributed by atoms with Crippen LogP contribution in [0.3, 0.4) is 0 Å². The molecule has 122 valence electrons. The van der Waals surface area contributed by atoms with Crippen LogP contribution in [-0.2, 0) is 30.4 Å². The fourth-order valence-corrected chi connectivity index (χ4v) is 4.37. The average Bonchev–Trinajstić information content (AvgIpc) is 2.11. The molecule has 0 bridgehead atoms. The molecule has 14 heteroatoms. The van der Waals surface area contributed by atoms with Crippen LogP contribution in [0, 0.1) is 0 Å². The molecule has 0 amide bonds. The third kappa shape index (κ3) is 4.59. The van der Waals surface area contributed by atoms with Crippen molar-refractivity contribution in [3.8, 4) is 0 Å². The van der Waals surface area contributed by atoms with Gasteiger partial charge in [0.05, 0.1) is 5.25 Å². The molecular weight excluding hydrogens is 344 g/mol. The van der Waals surface area contributed by atoms with Crippen LogP contribution in [0.5, 0.6) is 0 Å². The summed E-state index contributed by atoms with van der Waals surface area (Å²) in [7, 11) is -16.1. The largest absolute Gasteiger partial charge is 0.351 e. The monoisotopic (exact) mass is 358 g/mol. The van der Waals surface area contributed by atoms with Crippen molar-refractivity contribution in [1.29, 1.82) is 0 Å². The zero-order valence-corrected chi connectivity index (χ0v) is 12.4. The van der Waals surface area contributed by atoms with Gasteiger partial charge in [0.25, 0.3) is 20.2 Å². The van der Waals surface area contributed by atoms with Crippen molar-refractivity contribution in [3.05, 3.63) is 0 Å². The van der Waals surface area contributed by atoms with E-state index < -0.39 is 58.8 Å². The molecular formula is C6H14O11S3. The first-order chi connectivity index (χ1) is 8.55. The molecule has 2 atom stereocenters. The van der Waals surface area contributed by atoms with Gasteiger partial charge in [-0.3, -0.25) is 13.7 Å². The summed E-state index contributed by atoms with van der Waals surface area (Å²) in [6.45, 7) is 1.17. The first kappa shape index (κ1) is 19.7. The van der Waals surface area contributed by atoms with E-state index in [0.717, 1.165) is 0 Å². The Hall–Kier alpha value is -0.350. The van der Waals surface area contributed by atoms with Crippen LogP contribution >= 0.6 is 0 Å². The van der Waals surface area contributed by atoms with Crippen LogP contribution in [0.15, 0.2) is 0 Å². The summed E-state index contributed by atoms with van der Waals surface area (Å²) in [5.41, 5.74) is 0. The van der Waals surface area contributed by atoms with Crippen LogP contribution < -0.4 is 0 Å². The molecule has 0 aromatic carbocycles. The van der Waals surface area contributed by atoms with Gasteiger partial charge in [0.2, 0.25) is 0 Å². The zero-order valence-electron chi connectivity index (χ0n) is 9.98. The molecule has 0 rings (SSSR count). The normalized spacial score (nSPS) is 17.7. The van der Waals surface area contributed by atoms with Gasteiger partial charge in [-0.25, -0.2) is 0 Å². The molecule has 0 heterocycles. The second-order valence-electron chi connectivity index (χ2n) is 3.92. The van der Waals surface area contributed by atoms with E-state index in [1.165, 1.54) is 6.92 Å². The lowest BCUT2D eigenvalue weighted by Crippen LogP contribution is -2.54. The average molecular weight is 358 g/mol. The minimum absolute atomic E-state index is 0.424. The van der Waals surface area contributed by atoms with E-state index in [1.807, 2.05) is 0 Å². The summed E-state index contributed by atoms with van der Waals surface area (Å²) in [6, 6.07) is 0. The minimum Gasteiger partial charge on any atom is -0.351 e. The SMILES string of the molecule is CCC(CC(C(O)(O)S(=O)(=O)O)S(=O)(=O)O)S(=O)(=O)O. The molecule has 0 aliphatic rings. The van der Waals surface area contributed by atoms with E-state index in [4.69, 9.17) is 23.9 Å². The maximum absolute atomic E-state index is 11.0. The van der Waals surface area contributed by atoms with E-state index in [0.29, 0.717) is 0 Å². The molecule has 0 aliphatic heterocycles. The van der Waals surface area contributed by atoms with Crippen molar-refractivity contribution in [2.24, 2.45) is 0 Å². The van der Waals surface area contributed by atoms with Gasteiger partial charge in [-0.1, -0.05) is 6.92 Å². The second-order valence-corrected chi connectivity index (χ2v) is 8.76. The lowest BCUT2D eigenvalue weighted by molar-refractivity contribution is -0.0948. The molecule has 11 nitrogen and oxygen atoms in total. The summed E-state index contributed by atoms with van der Waals surface area (Å²) < 4.78 is 91.4. The second kappa shape index (κ2) is 5.80. The molecule has 0 saturated carbocycles. The molecule has 0 radical (unpaired) electrons. The number of hydrogen-bond donors (Lipinski definition) is 5. The van der Waals surface area contributed by atoms with Crippen LogP contribution in [0.1, 0.15) is 19.8 Å². The number of aliphatic hydroxyl groups is 2. The quantitative estimate of drug-likeness (QED) is 0.244. The summed E-state index contributed by atoms with van der Waals surface area (Å²) in [5, 5.41) is 9.06.